The van der Waals surface area contributed by atoms with Crippen molar-refractivity contribution in [3.05, 3.63) is 29.8 Å². The maximum absolute atomic E-state index is 11.5. The van der Waals surface area contributed by atoms with Gasteiger partial charge >= 0.3 is 0 Å². The molecule has 0 bridgehead atoms. The molecule has 0 radical (unpaired) electrons. The van der Waals surface area contributed by atoms with Crippen LogP contribution in [0.15, 0.2) is 24.3 Å². The Morgan fingerprint density at radius 2 is 2.24 bits per heavy atom. The van der Waals surface area contributed by atoms with Gasteiger partial charge in [-0.05, 0) is 18.2 Å². The normalized spacial score (nSPS) is 17.1. The van der Waals surface area contributed by atoms with Crippen molar-refractivity contribution in [2.75, 3.05) is 32.1 Å². The molecule has 92 valence electrons. The van der Waals surface area contributed by atoms with Crippen LogP contribution < -0.4 is 10.6 Å². The van der Waals surface area contributed by atoms with Crippen LogP contribution in [0, 0.1) is 5.41 Å². The number of carbonyl (C=O) groups excluding carboxylic acids is 1. The molecule has 0 saturated carbocycles. The second-order valence-corrected chi connectivity index (χ2v) is 4.82. The SMILES string of the molecule is CNC(=O)c1cccc(NCC2(C)COC2)c1. The Hall–Kier alpha value is -1.55. The van der Waals surface area contributed by atoms with Crippen molar-refractivity contribution in [3.63, 3.8) is 0 Å². The summed E-state index contributed by atoms with van der Waals surface area (Å²) in [5, 5.41) is 5.96. The largest absolute Gasteiger partial charge is 0.384 e. The van der Waals surface area contributed by atoms with E-state index in [2.05, 4.69) is 17.6 Å². The van der Waals surface area contributed by atoms with E-state index in [-0.39, 0.29) is 11.3 Å². The second kappa shape index (κ2) is 4.75. The average molecular weight is 234 g/mol. The third-order valence-corrected chi connectivity index (χ3v) is 2.97. The Morgan fingerprint density at radius 3 is 2.82 bits per heavy atom. The first-order valence-corrected chi connectivity index (χ1v) is 5.77. The first-order chi connectivity index (χ1) is 8.13. The number of hydrogen-bond donors (Lipinski definition) is 2. The van der Waals surface area contributed by atoms with Crippen LogP contribution in [-0.4, -0.2) is 32.7 Å². The van der Waals surface area contributed by atoms with E-state index in [9.17, 15) is 4.79 Å². The highest BCUT2D eigenvalue weighted by atomic mass is 16.5. The zero-order valence-electron chi connectivity index (χ0n) is 10.2. The van der Waals surface area contributed by atoms with Crippen LogP contribution in [0.4, 0.5) is 5.69 Å². The van der Waals surface area contributed by atoms with Crippen molar-refractivity contribution in [2.45, 2.75) is 6.92 Å². The van der Waals surface area contributed by atoms with Crippen LogP contribution >= 0.6 is 0 Å². The van der Waals surface area contributed by atoms with Crippen molar-refractivity contribution >= 4 is 11.6 Å². The number of rotatable bonds is 4. The quantitative estimate of drug-likeness (QED) is 0.830. The van der Waals surface area contributed by atoms with Crippen molar-refractivity contribution < 1.29 is 9.53 Å². The average Bonchev–Trinajstić information content (AvgIpc) is 2.33. The molecule has 1 aliphatic heterocycles. The standard InChI is InChI=1S/C13H18N2O2/c1-13(8-17-9-13)7-15-11-5-3-4-10(6-11)12(16)14-2/h3-6,15H,7-9H2,1-2H3,(H,14,16). The van der Waals surface area contributed by atoms with Crippen molar-refractivity contribution in [2.24, 2.45) is 5.41 Å². The molecule has 0 aliphatic carbocycles. The van der Waals surface area contributed by atoms with Crippen LogP contribution in [0.5, 0.6) is 0 Å². The maximum Gasteiger partial charge on any atom is 0.251 e. The fraction of sp³-hybridized carbons (Fsp3) is 0.462. The number of carbonyl (C=O) groups is 1. The number of ether oxygens (including phenoxy) is 1. The lowest BCUT2D eigenvalue weighted by Gasteiger charge is -2.38. The molecule has 1 aromatic rings. The van der Waals surface area contributed by atoms with Crippen molar-refractivity contribution in [1.82, 2.24) is 5.32 Å². The highest BCUT2D eigenvalue weighted by molar-refractivity contribution is 5.94. The summed E-state index contributed by atoms with van der Waals surface area (Å²) in [4.78, 5) is 11.5. The minimum absolute atomic E-state index is 0.0631. The Kier molecular flexibility index (Phi) is 3.33. The fourth-order valence-electron chi connectivity index (χ4n) is 1.78. The molecule has 1 aliphatic rings. The van der Waals surface area contributed by atoms with E-state index in [1.165, 1.54) is 0 Å². The van der Waals surface area contributed by atoms with E-state index < -0.39 is 0 Å². The predicted molar refractivity (Wildman–Crippen MR) is 67.2 cm³/mol. The third-order valence-electron chi connectivity index (χ3n) is 2.97. The molecular formula is C13H18N2O2. The summed E-state index contributed by atoms with van der Waals surface area (Å²) in [6, 6.07) is 7.52. The molecule has 0 spiro atoms. The van der Waals surface area contributed by atoms with Gasteiger partial charge in [0, 0.05) is 30.3 Å². The number of amides is 1. The monoisotopic (exact) mass is 234 g/mol. The van der Waals surface area contributed by atoms with Gasteiger partial charge in [-0.2, -0.15) is 0 Å². The fourth-order valence-corrected chi connectivity index (χ4v) is 1.78. The molecule has 1 saturated heterocycles. The van der Waals surface area contributed by atoms with E-state index in [4.69, 9.17) is 4.74 Å². The van der Waals surface area contributed by atoms with Gasteiger partial charge < -0.3 is 15.4 Å². The molecule has 1 heterocycles. The summed E-state index contributed by atoms with van der Waals surface area (Å²) in [5.41, 5.74) is 1.87. The molecule has 4 nitrogen and oxygen atoms in total. The van der Waals surface area contributed by atoms with Crippen LogP contribution in [0.1, 0.15) is 17.3 Å². The summed E-state index contributed by atoms with van der Waals surface area (Å²) in [7, 11) is 1.63. The predicted octanol–water partition coefficient (Wildman–Crippen LogP) is 1.49. The molecule has 0 atom stereocenters. The maximum atomic E-state index is 11.5. The Balaban J connectivity index is 1.98. The van der Waals surface area contributed by atoms with Gasteiger partial charge in [-0.25, -0.2) is 0 Å². The molecule has 4 heteroatoms. The Labute approximate surface area is 101 Å². The summed E-state index contributed by atoms with van der Waals surface area (Å²) in [6.07, 6.45) is 0. The second-order valence-electron chi connectivity index (χ2n) is 4.82. The van der Waals surface area contributed by atoms with Gasteiger partial charge in [0.25, 0.3) is 5.91 Å². The lowest BCUT2D eigenvalue weighted by molar-refractivity contribution is -0.0924. The molecule has 1 aromatic carbocycles. The Morgan fingerprint density at radius 1 is 1.47 bits per heavy atom. The van der Waals surface area contributed by atoms with E-state index in [1.807, 2.05) is 18.2 Å². The van der Waals surface area contributed by atoms with E-state index in [1.54, 1.807) is 13.1 Å². The number of anilines is 1. The number of nitrogens with one attached hydrogen (secondary N) is 2. The van der Waals surface area contributed by atoms with E-state index >= 15 is 0 Å². The zero-order chi connectivity index (χ0) is 12.3. The minimum atomic E-state index is -0.0631. The topological polar surface area (TPSA) is 50.4 Å². The molecule has 17 heavy (non-hydrogen) atoms. The first-order valence-electron chi connectivity index (χ1n) is 5.77. The summed E-state index contributed by atoms with van der Waals surface area (Å²) in [6.45, 7) is 4.65. The van der Waals surface area contributed by atoms with E-state index in [0.717, 1.165) is 25.4 Å². The molecule has 1 amide bonds. The smallest absolute Gasteiger partial charge is 0.251 e. The lowest BCUT2D eigenvalue weighted by atomic mass is 9.88. The molecule has 0 unspecified atom stereocenters. The van der Waals surface area contributed by atoms with Crippen LogP contribution in [-0.2, 0) is 4.74 Å². The minimum Gasteiger partial charge on any atom is -0.384 e. The molecular weight excluding hydrogens is 216 g/mol. The summed E-state index contributed by atoms with van der Waals surface area (Å²) < 4.78 is 5.20. The van der Waals surface area contributed by atoms with Gasteiger partial charge in [0.2, 0.25) is 0 Å². The molecule has 2 N–H and O–H groups in total. The van der Waals surface area contributed by atoms with Gasteiger partial charge in [0.15, 0.2) is 0 Å². The van der Waals surface area contributed by atoms with Gasteiger partial charge in [-0.1, -0.05) is 13.0 Å². The van der Waals surface area contributed by atoms with Gasteiger partial charge in [-0.3, -0.25) is 4.79 Å². The van der Waals surface area contributed by atoms with Gasteiger partial charge in [0.1, 0.15) is 0 Å². The molecule has 1 fully saturated rings. The summed E-state index contributed by atoms with van der Waals surface area (Å²) >= 11 is 0. The summed E-state index contributed by atoms with van der Waals surface area (Å²) in [5.74, 6) is -0.0631. The van der Waals surface area contributed by atoms with Crippen LogP contribution in [0.25, 0.3) is 0 Å². The number of benzene rings is 1. The van der Waals surface area contributed by atoms with Crippen LogP contribution in [0.2, 0.25) is 0 Å². The third kappa shape index (κ3) is 2.77. The highest BCUT2D eigenvalue weighted by Gasteiger charge is 2.32. The molecule has 2 rings (SSSR count). The van der Waals surface area contributed by atoms with Gasteiger partial charge in [0.05, 0.1) is 13.2 Å². The first kappa shape index (κ1) is 11.9. The zero-order valence-corrected chi connectivity index (χ0v) is 10.2. The lowest BCUT2D eigenvalue weighted by Crippen LogP contribution is -2.45. The van der Waals surface area contributed by atoms with E-state index in [0.29, 0.717) is 5.56 Å². The van der Waals surface area contributed by atoms with Gasteiger partial charge in [-0.15, -0.1) is 0 Å². The number of hydrogen-bond acceptors (Lipinski definition) is 3. The van der Waals surface area contributed by atoms with Crippen LogP contribution in [0.3, 0.4) is 0 Å². The Bertz CT molecular complexity index is 414. The highest BCUT2D eigenvalue weighted by Crippen LogP contribution is 2.26. The molecule has 0 aromatic heterocycles. The van der Waals surface area contributed by atoms with Crippen molar-refractivity contribution in [1.29, 1.82) is 0 Å². The van der Waals surface area contributed by atoms with Crippen molar-refractivity contribution in [3.8, 4) is 0 Å².